The molecule has 5 aliphatic rings. The molecule has 6 rings (SSSR count). The van der Waals surface area contributed by atoms with E-state index in [9.17, 15) is 4.79 Å². The van der Waals surface area contributed by atoms with Gasteiger partial charge in [-0.1, -0.05) is 11.6 Å². The largest absolute Gasteiger partial charge is 0.350 e. The Kier molecular flexibility index (Phi) is 5.00. The van der Waals surface area contributed by atoms with Crippen LogP contribution in [0.3, 0.4) is 0 Å². The number of nitrogens with zero attached hydrogens (tertiary/aromatic N) is 2. The second-order valence-corrected chi connectivity index (χ2v) is 11.3. The van der Waals surface area contributed by atoms with Crippen LogP contribution in [0.5, 0.6) is 0 Å². The van der Waals surface area contributed by atoms with Gasteiger partial charge in [0.2, 0.25) is 5.91 Å². The molecular weight excluding hydrogens is 378 g/mol. The molecule has 4 nitrogen and oxygen atoms in total. The van der Waals surface area contributed by atoms with Gasteiger partial charge in [0.15, 0.2) is 0 Å². The Balaban J connectivity index is 1.10. The first kappa shape index (κ1) is 18.4. The summed E-state index contributed by atoms with van der Waals surface area (Å²) in [7, 11) is 0. The molecule has 4 aliphatic carbocycles. The van der Waals surface area contributed by atoms with Gasteiger partial charge in [-0.05, 0) is 68.4 Å². The highest BCUT2D eigenvalue weighted by Crippen LogP contribution is 2.55. The van der Waals surface area contributed by atoms with Crippen molar-refractivity contribution in [3.8, 4) is 0 Å². The third-order valence-corrected chi connectivity index (χ3v) is 8.50. The van der Waals surface area contributed by atoms with Crippen molar-refractivity contribution in [2.75, 3.05) is 32.7 Å². The number of thiophene rings is 1. The minimum atomic E-state index is 0.145. The van der Waals surface area contributed by atoms with Crippen LogP contribution in [0, 0.1) is 17.8 Å². The lowest BCUT2D eigenvalue weighted by atomic mass is 9.53. The topological polar surface area (TPSA) is 35.6 Å². The number of piperazine rings is 1. The van der Waals surface area contributed by atoms with Crippen LogP contribution in [0.2, 0.25) is 4.34 Å². The van der Waals surface area contributed by atoms with Crippen molar-refractivity contribution < 1.29 is 4.79 Å². The normalized spacial score (nSPS) is 36.3. The maximum atomic E-state index is 12.8. The molecule has 1 amide bonds. The molecule has 148 valence electrons. The van der Waals surface area contributed by atoms with Crippen molar-refractivity contribution in [2.24, 2.45) is 17.8 Å². The molecule has 5 fully saturated rings. The molecule has 1 aromatic rings. The van der Waals surface area contributed by atoms with E-state index >= 15 is 0 Å². The predicted octanol–water partition coefficient (Wildman–Crippen LogP) is 3.60. The van der Waals surface area contributed by atoms with Crippen LogP contribution in [-0.4, -0.2) is 54.0 Å². The summed E-state index contributed by atoms with van der Waals surface area (Å²) in [6.45, 7) is 5.56. The Morgan fingerprint density at radius 1 is 1.04 bits per heavy atom. The van der Waals surface area contributed by atoms with E-state index in [1.807, 2.05) is 6.07 Å². The number of carbonyl (C=O) groups excluding carboxylic acids is 1. The van der Waals surface area contributed by atoms with Crippen molar-refractivity contribution in [1.29, 1.82) is 0 Å². The van der Waals surface area contributed by atoms with Crippen LogP contribution in [0.1, 0.15) is 43.4 Å². The molecule has 2 heterocycles. The monoisotopic (exact) mass is 407 g/mol. The lowest BCUT2D eigenvalue weighted by molar-refractivity contribution is -0.128. The van der Waals surface area contributed by atoms with E-state index < -0.39 is 0 Å². The Bertz CT molecular complexity index is 662. The van der Waals surface area contributed by atoms with Crippen molar-refractivity contribution in [1.82, 2.24) is 15.1 Å². The Morgan fingerprint density at radius 3 is 2.19 bits per heavy atom. The van der Waals surface area contributed by atoms with E-state index in [1.165, 1.54) is 43.4 Å². The fourth-order valence-electron chi connectivity index (χ4n) is 6.56. The molecule has 0 atom stereocenters. The SMILES string of the molecule is O=C(CN1CCN(Cc2ccc(Cl)s2)CC1)NC12CC3CC(CC(C3)C1)C2. The standard InChI is InChI=1S/C21H30ClN3OS/c22-19-2-1-18(27-19)13-24-3-5-25(6-4-24)14-20(26)23-21-10-15-7-16(11-21)9-17(8-15)12-21/h1-2,15-17H,3-14H2,(H,23,26). The van der Waals surface area contributed by atoms with Crippen molar-refractivity contribution >= 4 is 28.8 Å². The molecular formula is C21H30ClN3OS. The van der Waals surface area contributed by atoms with Gasteiger partial charge in [0.1, 0.15) is 0 Å². The van der Waals surface area contributed by atoms with Gasteiger partial charge in [-0.2, -0.15) is 0 Å². The van der Waals surface area contributed by atoms with Crippen LogP contribution in [0.15, 0.2) is 12.1 Å². The van der Waals surface area contributed by atoms with Crippen LogP contribution >= 0.6 is 22.9 Å². The lowest BCUT2D eigenvalue weighted by Crippen LogP contribution is -2.61. The van der Waals surface area contributed by atoms with Crippen molar-refractivity contribution in [2.45, 2.75) is 50.6 Å². The van der Waals surface area contributed by atoms with Gasteiger partial charge in [-0.25, -0.2) is 0 Å². The summed E-state index contributed by atoms with van der Waals surface area (Å²) >= 11 is 7.70. The highest BCUT2D eigenvalue weighted by molar-refractivity contribution is 7.16. The summed E-state index contributed by atoms with van der Waals surface area (Å²) < 4.78 is 0.866. The third kappa shape index (κ3) is 4.07. The van der Waals surface area contributed by atoms with Crippen molar-refractivity contribution in [3.63, 3.8) is 0 Å². The van der Waals surface area contributed by atoms with Crippen LogP contribution in [0.25, 0.3) is 0 Å². The van der Waals surface area contributed by atoms with E-state index in [2.05, 4.69) is 21.2 Å². The number of hydrogen-bond donors (Lipinski definition) is 1. The molecule has 27 heavy (non-hydrogen) atoms. The first-order chi connectivity index (χ1) is 13.1. The smallest absolute Gasteiger partial charge is 0.234 e. The average Bonchev–Trinajstić information content (AvgIpc) is 3.00. The van der Waals surface area contributed by atoms with Gasteiger partial charge in [-0.3, -0.25) is 14.6 Å². The molecule has 0 aromatic carbocycles. The molecule has 1 N–H and O–H groups in total. The van der Waals surface area contributed by atoms with Gasteiger partial charge in [0, 0.05) is 43.1 Å². The zero-order valence-corrected chi connectivity index (χ0v) is 17.5. The molecule has 6 heteroatoms. The molecule has 1 aromatic heterocycles. The molecule has 0 unspecified atom stereocenters. The van der Waals surface area contributed by atoms with Gasteiger partial charge < -0.3 is 5.32 Å². The van der Waals surface area contributed by atoms with Crippen LogP contribution < -0.4 is 5.32 Å². The number of halogens is 1. The molecule has 0 radical (unpaired) electrons. The summed E-state index contributed by atoms with van der Waals surface area (Å²) in [5.74, 6) is 2.90. The fraction of sp³-hybridized carbons (Fsp3) is 0.762. The van der Waals surface area contributed by atoms with E-state index in [0.717, 1.165) is 54.8 Å². The number of amides is 1. The summed E-state index contributed by atoms with van der Waals surface area (Å²) in [5.41, 5.74) is 0.145. The summed E-state index contributed by atoms with van der Waals surface area (Å²) in [5, 5.41) is 3.52. The van der Waals surface area contributed by atoms with E-state index in [-0.39, 0.29) is 11.4 Å². The molecule has 4 bridgehead atoms. The summed E-state index contributed by atoms with van der Waals surface area (Å²) in [6.07, 6.45) is 7.98. The van der Waals surface area contributed by atoms with Gasteiger partial charge >= 0.3 is 0 Å². The lowest BCUT2D eigenvalue weighted by Gasteiger charge is -2.57. The minimum Gasteiger partial charge on any atom is -0.350 e. The van der Waals surface area contributed by atoms with Crippen molar-refractivity contribution in [3.05, 3.63) is 21.3 Å². The maximum absolute atomic E-state index is 12.8. The van der Waals surface area contributed by atoms with E-state index in [4.69, 9.17) is 11.6 Å². The fourth-order valence-corrected chi connectivity index (χ4v) is 7.69. The summed E-state index contributed by atoms with van der Waals surface area (Å²) in [4.78, 5) is 18.9. The van der Waals surface area contributed by atoms with Gasteiger partial charge in [-0.15, -0.1) is 11.3 Å². The quantitative estimate of drug-likeness (QED) is 0.809. The van der Waals surface area contributed by atoms with Gasteiger partial charge in [0.05, 0.1) is 10.9 Å². The Hall–Kier alpha value is -0.620. The first-order valence-corrected chi connectivity index (χ1v) is 11.7. The second kappa shape index (κ2) is 7.33. The highest BCUT2D eigenvalue weighted by Gasteiger charge is 2.51. The van der Waals surface area contributed by atoms with Crippen LogP contribution in [-0.2, 0) is 11.3 Å². The number of rotatable bonds is 5. The Morgan fingerprint density at radius 2 is 1.63 bits per heavy atom. The Labute approximate surface area is 171 Å². The van der Waals surface area contributed by atoms with Crippen LogP contribution in [0.4, 0.5) is 0 Å². The summed E-state index contributed by atoms with van der Waals surface area (Å²) in [6, 6.07) is 4.10. The predicted molar refractivity (Wildman–Crippen MR) is 110 cm³/mol. The second-order valence-electron chi connectivity index (χ2n) is 9.50. The average molecular weight is 408 g/mol. The number of nitrogens with one attached hydrogen (secondary N) is 1. The zero-order chi connectivity index (χ0) is 18.4. The van der Waals surface area contributed by atoms with E-state index in [0.29, 0.717) is 6.54 Å². The first-order valence-electron chi connectivity index (χ1n) is 10.6. The minimum absolute atomic E-state index is 0.145. The third-order valence-electron chi connectivity index (χ3n) is 7.28. The maximum Gasteiger partial charge on any atom is 0.234 e. The number of carbonyl (C=O) groups is 1. The zero-order valence-electron chi connectivity index (χ0n) is 16.0. The molecule has 1 aliphatic heterocycles. The molecule has 0 spiro atoms. The number of hydrogen-bond acceptors (Lipinski definition) is 4. The van der Waals surface area contributed by atoms with E-state index in [1.54, 1.807) is 11.3 Å². The molecule has 4 saturated carbocycles. The highest BCUT2D eigenvalue weighted by atomic mass is 35.5. The van der Waals surface area contributed by atoms with Gasteiger partial charge in [0.25, 0.3) is 0 Å². The molecule has 1 saturated heterocycles.